The number of para-hydroxylation sites is 2. The van der Waals surface area contributed by atoms with Gasteiger partial charge in [-0.05, 0) is 57.9 Å². The van der Waals surface area contributed by atoms with E-state index in [-0.39, 0.29) is 18.0 Å². The van der Waals surface area contributed by atoms with Gasteiger partial charge in [0.15, 0.2) is 4.96 Å². The summed E-state index contributed by atoms with van der Waals surface area (Å²) in [5.74, 6) is 0.307. The Balaban J connectivity index is 1.46. The van der Waals surface area contributed by atoms with Crippen LogP contribution in [0.1, 0.15) is 11.1 Å². The highest BCUT2D eigenvalue weighted by Gasteiger charge is 2.11. The third-order valence-corrected chi connectivity index (χ3v) is 6.33. The lowest BCUT2D eigenvalue weighted by Gasteiger charge is -2.09. The molecule has 0 spiro atoms. The molecule has 5 rings (SSSR count). The molecule has 5 aromatic rings. The van der Waals surface area contributed by atoms with Gasteiger partial charge >= 0.3 is 0 Å². The lowest BCUT2D eigenvalue weighted by atomic mass is 10.2. The summed E-state index contributed by atoms with van der Waals surface area (Å²) in [5, 5.41) is 0. The Morgan fingerprint density at radius 3 is 2.73 bits per heavy atom. The van der Waals surface area contributed by atoms with Crippen LogP contribution in [0.15, 0.2) is 76.0 Å². The maximum Gasteiger partial charge on any atom is 0.274 e. The van der Waals surface area contributed by atoms with Gasteiger partial charge < -0.3 is 4.74 Å². The van der Waals surface area contributed by atoms with Crippen LogP contribution in [-0.2, 0) is 6.61 Å². The van der Waals surface area contributed by atoms with E-state index in [1.165, 1.54) is 17.4 Å². The van der Waals surface area contributed by atoms with Gasteiger partial charge in [-0.15, -0.1) is 0 Å². The van der Waals surface area contributed by atoms with E-state index in [0.29, 0.717) is 20.8 Å². The zero-order chi connectivity index (χ0) is 20.7. The maximum absolute atomic E-state index is 13.8. The lowest BCUT2D eigenvalue weighted by molar-refractivity contribution is 0.298. The van der Waals surface area contributed by atoms with Crippen LogP contribution in [-0.4, -0.2) is 9.38 Å². The Morgan fingerprint density at radius 1 is 1.10 bits per heavy atom. The monoisotopic (exact) mass is 480 g/mol. The van der Waals surface area contributed by atoms with E-state index in [1.54, 1.807) is 28.7 Å². The summed E-state index contributed by atoms with van der Waals surface area (Å²) in [7, 11) is 0. The fourth-order valence-corrected chi connectivity index (χ4v) is 4.76. The van der Waals surface area contributed by atoms with Crippen molar-refractivity contribution in [3.63, 3.8) is 0 Å². The van der Waals surface area contributed by atoms with Crippen LogP contribution in [0.3, 0.4) is 0 Å². The number of rotatable bonds is 4. The van der Waals surface area contributed by atoms with Crippen molar-refractivity contribution >= 4 is 49.3 Å². The molecule has 0 N–H and O–H groups in total. The third-order valence-electron chi connectivity index (χ3n) is 4.74. The van der Waals surface area contributed by atoms with Gasteiger partial charge in [-0.25, -0.2) is 13.8 Å². The van der Waals surface area contributed by atoms with Gasteiger partial charge in [-0.1, -0.05) is 47.7 Å². The van der Waals surface area contributed by atoms with E-state index in [1.807, 2.05) is 42.5 Å². The predicted molar refractivity (Wildman–Crippen MR) is 121 cm³/mol. The molecule has 4 nitrogen and oxygen atoms in total. The first-order chi connectivity index (χ1) is 14.6. The first-order valence-corrected chi connectivity index (χ1v) is 10.8. The SMILES string of the molecule is O=c1/c(=C/c2ccc(OCc3ccccc3F)c(Br)c2)sc2nc3ccccc3n12. The van der Waals surface area contributed by atoms with Crippen molar-refractivity contribution < 1.29 is 9.13 Å². The second-order valence-corrected chi connectivity index (χ2v) is 8.57. The van der Waals surface area contributed by atoms with Gasteiger partial charge in [0.05, 0.1) is 20.0 Å². The van der Waals surface area contributed by atoms with Gasteiger partial charge in [0.25, 0.3) is 5.56 Å². The number of nitrogens with zero attached hydrogens (tertiary/aromatic N) is 2. The molecule has 7 heteroatoms. The molecule has 0 fully saturated rings. The summed E-state index contributed by atoms with van der Waals surface area (Å²) >= 11 is 4.86. The van der Waals surface area contributed by atoms with E-state index in [2.05, 4.69) is 20.9 Å². The molecule has 0 aliphatic rings. The zero-order valence-electron chi connectivity index (χ0n) is 15.5. The Labute approximate surface area is 183 Å². The minimum atomic E-state index is -0.295. The predicted octanol–water partition coefficient (Wildman–Crippen LogP) is 4.94. The van der Waals surface area contributed by atoms with E-state index in [9.17, 15) is 9.18 Å². The summed E-state index contributed by atoms with van der Waals surface area (Å²) < 4.78 is 22.5. The number of hydrogen-bond donors (Lipinski definition) is 0. The molecule has 0 aliphatic carbocycles. The van der Waals surface area contributed by atoms with Crippen molar-refractivity contribution in [2.75, 3.05) is 0 Å². The molecule has 0 amide bonds. The topological polar surface area (TPSA) is 43.6 Å². The van der Waals surface area contributed by atoms with Crippen LogP contribution in [0.2, 0.25) is 0 Å². The van der Waals surface area contributed by atoms with Crippen LogP contribution in [0, 0.1) is 5.82 Å². The van der Waals surface area contributed by atoms with Crippen molar-refractivity contribution in [2.24, 2.45) is 0 Å². The number of benzene rings is 3. The molecule has 0 saturated carbocycles. The molecule has 2 heterocycles. The fourth-order valence-electron chi connectivity index (χ4n) is 3.26. The van der Waals surface area contributed by atoms with Crippen molar-refractivity contribution in [2.45, 2.75) is 6.61 Å². The summed E-state index contributed by atoms with van der Waals surface area (Å²) in [6, 6.07) is 19.7. The highest BCUT2D eigenvalue weighted by Crippen LogP contribution is 2.27. The second-order valence-electron chi connectivity index (χ2n) is 6.70. The first-order valence-electron chi connectivity index (χ1n) is 9.17. The molecule has 0 radical (unpaired) electrons. The van der Waals surface area contributed by atoms with Gasteiger partial charge in [-0.2, -0.15) is 0 Å². The van der Waals surface area contributed by atoms with Crippen LogP contribution < -0.4 is 14.8 Å². The molecule has 0 saturated heterocycles. The smallest absolute Gasteiger partial charge is 0.274 e. The second kappa shape index (κ2) is 7.66. The molecule has 0 unspecified atom stereocenters. The van der Waals surface area contributed by atoms with E-state index < -0.39 is 0 Å². The number of thiazole rings is 1. The third kappa shape index (κ3) is 3.40. The molecule has 2 aromatic heterocycles. The average molecular weight is 481 g/mol. The number of halogens is 2. The highest BCUT2D eigenvalue weighted by molar-refractivity contribution is 9.10. The fraction of sp³-hybridized carbons (Fsp3) is 0.0435. The summed E-state index contributed by atoms with van der Waals surface area (Å²) in [5.41, 5.74) is 2.88. The van der Waals surface area contributed by atoms with Crippen molar-refractivity contribution in [3.05, 3.63) is 103 Å². The Hall–Kier alpha value is -3.03. The number of ether oxygens (including phenoxy) is 1. The number of hydrogen-bond acceptors (Lipinski definition) is 4. The number of fused-ring (bicyclic) bond motifs is 3. The molecule has 0 bridgehead atoms. The van der Waals surface area contributed by atoms with Crippen LogP contribution in [0.5, 0.6) is 5.75 Å². The summed E-state index contributed by atoms with van der Waals surface area (Å²) in [6.07, 6.45) is 1.84. The largest absolute Gasteiger partial charge is 0.488 e. The molecule has 30 heavy (non-hydrogen) atoms. The lowest BCUT2D eigenvalue weighted by Crippen LogP contribution is -2.22. The summed E-state index contributed by atoms with van der Waals surface area (Å²) in [6.45, 7) is 0.133. The Bertz CT molecular complexity index is 1510. The van der Waals surface area contributed by atoms with Crippen LogP contribution in [0.25, 0.3) is 22.1 Å². The number of imidazole rings is 1. The Morgan fingerprint density at radius 2 is 1.90 bits per heavy atom. The van der Waals surface area contributed by atoms with E-state index in [0.717, 1.165) is 21.1 Å². The highest BCUT2D eigenvalue weighted by atomic mass is 79.9. The van der Waals surface area contributed by atoms with Crippen molar-refractivity contribution in [1.82, 2.24) is 9.38 Å². The van der Waals surface area contributed by atoms with Gasteiger partial charge in [0, 0.05) is 5.56 Å². The van der Waals surface area contributed by atoms with Crippen LogP contribution in [0.4, 0.5) is 4.39 Å². The quantitative estimate of drug-likeness (QED) is 0.366. The molecular weight excluding hydrogens is 467 g/mol. The molecule has 0 atom stereocenters. The minimum absolute atomic E-state index is 0.0836. The average Bonchev–Trinajstić information content (AvgIpc) is 3.25. The van der Waals surface area contributed by atoms with Gasteiger partial charge in [-0.3, -0.25) is 4.79 Å². The number of aromatic nitrogens is 2. The van der Waals surface area contributed by atoms with E-state index in [4.69, 9.17) is 4.74 Å². The molecule has 3 aromatic carbocycles. The maximum atomic E-state index is 13.8. The normalized spacial score (nSPS) is 12.1. The standard InChI is InChI=1S/C23H14BrFN2O2S/c24-16-11-14(9-10-20(16)29-13-15-5-1-2-6-17(15)25)12-21-22(28)27-19-8-4-3-7-18(19)26-23(27)30-21/h1-12H,13H2/b21-12-. The Kier molecular flexibility index (Phi) is 4.84. The van der Waals surface area contributed by atoms with Gasteiger partial charge in [0.2, 0.25) is 0 Å². The minimum Gasteiger partial charge on any atom is -0.488 e. The molecule has 0 aliphatic heterocycles. The molecule has 148 valence electrons. The van der Waals surface area contributed by atoms with Crippen molar-refractivity contribution in [1.29, 1.82) is 0 Å². The summed E-state index contributed by atoms with van der Waals surface area (Å²) in [4.78, 5) is 18.1. The van der Waals surface area contributed by atoms with Crippen molar-refractivity contribution in [3.8, 4) is 5.75 Å². The molecular formula is C23H14BrFN2O2S. The van der Waals surface area contributed by atoms with Gasteiger partial charge in [0.1, 0.15) is 18.2 Å². The first kappa shape index (κ1) is 19.0. The van der Waals surface area contributed by atoms with Crippen LogP contribution >= 0.6 is 27.3 Å². The zero-order valence-corrected chi connectivity index (χ0v) is 17.9. The van der Waals surface area contributed by atoms with E-state index >= 15 is 0 Å².